The summed E-state index contributed by atoms with van der Waals surface area (Å²) in [6.07, 6.45) is -0.108. The average Bonchev–Trinajstić information content (AvgIpc) is 3.32. The number of rotatable bonds is 3. The van der Waals surface area contributed by atoms with Crippen molar-refractivity contribution in [1.82, 2.24) is 14.3 Å². The maximum atomic E-state index is 15.9. The first kappa shape index (κ1) is 23.2. The molecule has 2 N–H and O–H groups in total. The first-order chi connectivity index (χ1) is 15.4. The molecule has 33 heavy (non-hydrogen) atoms. The van der Waals surface area contributed by atoms with Crippen LogP contribution in [0.15, 0.2) is 9.59 Å². The Kier molecular flexibility index (Phi) is 5.71. The van der Waals surface area contributed by atoms with Gasteiger partial charge in [-0.05, 0) is 52.6 Å². The molecule has 3 heterocycles. The van der Waals surface area contributed by atoms with Crippen molar-refractivity contribution in [2.45, 2.75) is 59.2 Å². The minimum atomic E-state index is -0.854. The molecule has 1 aromatic carbocycles. The van der Waals surface area contributed by atoms with Crippen LogP contribution in [-0.4, -0.2) is 39.8 Å². The van der Waals surface area contributed by atoms with Gasteiger partial charge >= 0.3 is 6.09 Å². The standard InChI is InChI=1S/C22H26F2N4O4S/c1-6-28-16-12(18(29)13-19(30)26-33-20(13)28)10(2)14(23)17(15(16)24)27-8-7-11(9-27)25-21(31)32-22(3,4)5/h11H,6-9H2,1-5H3,(H,25,31)(H,26,30). The summed E-state index contributed by atoms with van der Waals surface area (Å²) in [5.74, 6) is -1.70. The third kappa shape index (κ3) is 3.88. The lowest BCUT2D eigenvalue weighted by molar-refractivity contribution is 0.0509. The molecule has 1 atom stereocenters. The molecular formula is C22H26F2N4O4S. The number of nitrogens with zero attached hydrogens (tertiary/aromatic N) is 2. The Morgan fingerprint density at radius 3 is 2.58 bits per heavy atom. The number of anilines is 1. The van der Waals surface area contributed by atoms with E-state index in [1.54, 1.807) is 27.7 Å². The molecule has 178 valence electrons. The van der Waals surface area contributed by atoms with Gasteiger partial charge in [0.15, 0.2) is 11.6 Å². The maximum Gasteiger partial charge on any atom is 0.407 e. The molecule has 0 radical (unpaired) electrons. The Balaban J connectivity index is 1.80. The summed E-state index contributed by atoms with van der Waals surface area (Å²) >= 11 is 0.953. The van der Waals surface area contributed by atoms with Gasteiger partial charge in [-0.2, -0.15) is 0 Å². The number of amides is 1. The Morgan fingerprint density at radius 1 is 1.24 bits per heavy atom. The SMILES string of the molecule is CCn1c2s[nH]c(=O)c2c(=O)c2c(C)c(F)c(N3CCC(NC(=O)OC(C)(C)C)C3)c(F)c21. The van der Waals surface area contributed by atoms with Crippen molar-refractivity contribution in [3.05, 3.63) is 37.8 Å². The molecule has 2 aromatic heterocycles. The van der Waals surface area contributed by atoms with Crippen molar-refractivity contribution in [3.8, 4) is 0 Å². The number of fused-ring (bicyclic) bond motifs is 2. The number of carbonyl (C=O) groups is 1. The van der Waals surface area contributed by atoms with Crippen molar-refractivity contribution in [2.24, 2.45) is 0 Å². The smallest absolute Gasteiger partial charge is 0.407 e. The molecule has 1 unspecified atom stereocenters. The zero-order valence-corrected chi connectivity index (χ0v) is 19.9. The van der Waals surface area contributed by atoms with Gasteiger partial charge in [0, 0.05) is 25.2 Å². The molecule has 1 aliphatic heterocycles. The van der Waals surface area contributed by atoms with Gasteiger partial charge in [-0.3, -0.25) is 14.0 Å². The number of aromatic amines is 1. The Morgan fingerprint density at radius 2 is 1.94 bits per heavy atom. The van der Waals surface area contributed by atoms with Crippen LogP contribution in [0.4, 0.5) is 19.3 Å². The van der Waals surface area contributed by atoms with Crippen molar-refractivity contribution < 1.29 is 18.3 Å². The van der Waals surface area contributed by atoms with E-state index in [1.165, 1.54) is 16.4 Å². The predicted molar refractivity (Wildman–Crippen MR) is 125 cm³/mol. The second-order valence-electron chi connectivity index (χ2n) is 9.19. The zero-order chi connectivity index (χ0) is 24.2. The van der Waals surface area contributed by atoms with Crippen LogP contribution in [0.1, 0.15) is 39.7 Å². The van der Waals surface area contributed by atoms with E-state index < -0.39 is 34.3 Å². The Hall–Kier alpha value is -2.95. The van der Waals surface area contributed by atoms with E-state index >= 15 is 8.78 Å². The van der Waals surface area contributed by atoms with Crippen molar-refractivity contribution in [3.63, 3.8) is 0 Å². The summed E-state index contributed by atoms with van der Waals surface area (Å²) in [4.78, 5) is 39.2. The number of aromatic nitrogens is 2. The van der Waals surface area contributed by atoms with Crippen LogP contribution in [0.25, 0.3) is 21.1 Å². The summed E-state index contributed by atoms with van der Waals surface area (Å²) in [5.41, 5.74) is -2.18. The third-order valence-electron chi connectivity index (χ3n) is 5.76. The summed E-state index contributed by atoms with van der Waals surface area (Å²) in [5, 5.41) is 2.52. The van der Waals surface area contributed by atoms with Crippen LogP contribution in [0.3, 0.4) is 0 Å². The van der Waals surface area contributed by atoms with E-state index in [0.29, 0.717) is 17.8 Å². The molecule has 8 nitrogen and oxygen atoms in total. The first-order valence-electron chi connectivity index (χ1n) is 10.7. The number of pyridine rings is 1. The highest BCUT2D eigenvalue weighted by atomic mass is 32.1. The van der Waals surface area contributed by atoms with Crippen molar-refractivity contribution in [1.29, 1.82) is 0 Å². The van der Waals surface area contributed by atoms with Gasteiger partial charge in [-0.25, -0.2) is 13.6 Å². The van der Waals surface area contributed by atoms with Gasteiger partial charge < -0.3 is 19.5 Å². The minimum Gasteiger partial charge on any atom is -0.444 e. The van der Waals surface area contributed by atoms with E-state index in [4.69, 9.17) is 4.74 Å². The number of ether oxygens (including phenoxy) is 1. The van der Waals surface area contributed by atoms with E-state index in [2.05, 4.69) is 9.69 Å². The van der Waals surface area contributed by atoms with E-state index in [0.717, 1.165) is 11.5 Å². The monoisotopic (exact) mass is 480 g/mol. The molecule has 1 fully saturated rings. The van der Waals surface area contributed by atoms with Crippen molar-refractivity contribution in [2.75, 3.05) is 18.0 Å². The molecule has 0 saturated carbocycles. The molecule has 0 bridgehead atoms. The first-order valence-corrected chi connectivity index (χ1v) is 11.6. The quantitative estimate of drug-likeness (QED) is 0.597. The number of halogens is 2. The summed E-state index contributed by atoms with van der Waals surface area (Å²) in [6.45, 7) is 9.22. The highest BCUT2D eigenvalue weighted by Gasteiger charge is 2.33. The fourth-order valence-electron chi connectivity index (χ4n) is 4.36. The van der Waals surface area contributed by atoms with Crippen LogP contribution in [0.2, 0.25) is 0 Å². The highest BCUT2D eigenvalue weighted by molar-refractivity contribution is 7.12. The molecular weight excluding hydrogens is 454 g/mol. The zero-order valence-electron chi connectivity index (χ0n) is 19.1. The van der Waals surface area contributed by atoms with Gasteiger partial charge in [-0.15, -0.1) is 0 Å². The predicted octanol–water partition coefficient (Wildman–Crippen LogP) is 3.61. The average molecular weight is 481 g/mol. The fraction of sp³-hybridized carbons (Fsp3) is 0.500. The van der Waals surface area contributed by atoms with E-state index in [-0.39, 0.29) is 46.7 Å². The molecule has 11 heteroatoms. The Labute approximate surface area is 192 Å². The number of hydrogen-bond donors (Lipinski definition) is 2. The van der Waals surface area contributed by atoms with Crippen LogP contribution in [-0.2, 0) is 11.3 Å². The summed E-state index contributed by atoms with van der Waals surface area (Å²) in [6, 6.07) is -0.347. The second kappa shape index (κ2) is 8.12. The lowest BCUT2D eigenvalue weighted by atomic mass is 10.0. The summed E-state index contributed by atoms with van der Waals surface area (Å²) in [7, 11) is 0. The Bertz CT molecular complexity index is 1390. The van der Waals surface area contributed by atoms with Gasteiger partial charge in [0.25, 0.3) is 5.56 Å². The minimum absolute atomic E-state index is 0.00958. The third-order valence-corrected chi connectivity index (χ3v) is 6.66. The lowest BCUT2D eigenvalue weighted by Crippen LogP contribution is -2.40. The normalized spacial score (nSPS) is 16.7. The lowest BCUT2D eigenvalue weighted by Gasteiger charge is -2.24. The van der Waals surface area contributed by atoms with Crippen LogP contribution >= 0.6 is 11.5 Å². The molecule has 4 rings (SSSR count). The number of alkyl carbamates (subject to hydrolysis) is 1. The van der Waals surface area contributed by atoms with Gasteiger partial charge in [-0.1, -0.05) is 0 Å². The highest BCUT2D eigenvalue weighted by Crippen LogP contribution is 2.36. The number of nitrogens with one attached hydrogen (secondary N) is 2. The molecule has 1 aliphatic rings. The number of aryl methyl sites for hydroxylation is 2. The van der Waals surface area contributed by atoms with Gasteiger partial charge in [0.05, 0.1) is 16.9 Å². The molecule has 1 saturated heterocycles. The molecule has 3 aromatic rings. The topological polar surface area (TPSA) is 96.4 Å². The van der Waals surface area contributed by atoms with Crippen LogP contribution < -0.4 is 21.2 Å². The van der Waals surface area contributed by atoms with Crippen LogP contribution in [0, 0.1) is 18.6 Å². The maximum absolute atomic E-state index is 15.9. The second-order valence-corrected chi connectivity index (χ2v) is 9.98. The molecule has 1 amide bonds. The van der Waals surface area contributed by atoms with Gasteiger partial charge in [0.1, 0.15) is 21.5 Å². The van der Waals surface area contributed by atoms with Crippen molar-refractivity contribution >= 4 is 44.4 Å². The van der Waals surface area contributed by atoms with Crippen LogP contribution in [0.5, 0.6) is 0 Å². The number of H-pyrrole nitrogens is 1. The largest absolute Gasteiger partial charge is 0.444 e. The number of hydrogen-bond acceptors (Lipinski definition) is 6. The summed E-state index contributed by atoms with van der Waals surface area (Å²) < 4.78 is 40.7. The number of carbonyl (C=O) groups excluding carboxylic acids is 1. The van der Waals surface area contributed by atoms with Gasteiger partial charge in [0.2, 0.25) is 5.43 Å². The molecule has 0 spiro atoms. The fourth-order valence-corrected chi connectivity index (χ4v) is 5.27. The molecule has 0 aliphatic carbocycles. The van der Waals surface area contributed by atoms with E-state index in [9.17, 15) is 14.4 Å². The van der Waals surface area contributed by atoms with E-state index in [1.807, 2.05) is 0 Å². The number of benzene rings is 1.